The molecule has 1 aliphatic carbocycles. The third-order valence-corrected chi connectivity index (χ3v) is 5.86. The second-order valence-electron chi connectivity index (χ2n) is 6.51. The molecule has 0 radical (unpaired) electrons. The summed E-state index contributed by atoms with van der Waals surface area (Å²) in [6, 6.07) is 1.51. The molecule has 0 amide bonds. The molecule has 1 N–H and O–H groups in total. The van der Waals surface area contributed by atoms with Crippen LogP contribution in [0.25, 0.3) is 0 Å². The molecule has 118 valence electrons. The smallest absolute Gasteiger partial charge is 0.186 e. The highest BCUT2D eigenvalue weighted by Crippen LogP contribution is 2.33. The first-order chi connectivity index (χ1) is 10.3. The Bertz CT molecular complexity index is 451. The van der Waals surface area contributed by atoms with E-state index >= 15 is 0 Å². The second-order valence-corrected chi connectivity index (χ2v) is 7.57. The summed E-state index contributed by atoms with van der Waals surface area (Å²) in [5, 5.41) is 4.94. The number of hydrogen-bond donors (Lipinski definition) is 1. The van der Waals surface area contributed by atoms with E-state index in [0.717, 1.165) is 25.0 Å². The van der Waals surface area contributed by atoms with Gasteiger partial charge in [-0.1, -0.05) is 20.3 Å². The lowest BCUT2D eigenvalue weighted by Crippen LogP contribution is -2.39. The van der Waals surface area contributed by atoms with Crippen molar-refractivity contribution in [3.05, 3.63) is 10.6 Å². The van der Waals surface area contributed by atoms with Crippen LogP contribution in [-0.4, -0.2) is 23.6 Å². The highest BCUT2D eigenvalue weighted by Gasteiger charge is 2.26. The zero-order chi connectivity index (χ0) is 14.7. The normalized spacial score (nSPS) is 22.8. The lowest BCUT2D eigenvalue weighted by Gasteiger charge is -2.35. The van der Waals surface area contributed by atoms with Gasteiger partial charge in [0.2, 0.25) is 0 Å². The molecule has 21 heavy (non-hydrogen) atoms. The molecule has 0 aromatic carbocycles. The first-order valence-electron chi connectivity index (χ1n) is 8.80. The minimum absolute atomic E-state index is 0.726. The van der Waals surface area contributed by atoms with Gasteiger partial charge in [0.25, 0.3) is 0 Å². The van der Waals surface area contributed by atoms with Gasteiger partial charge < -0.3 is 10.2 Å². The molecule has 2 fully saturated rings. The van der Waals surface area contributed by atoms with Crippen molar-refractivity contribution in [2.24, 2.45) is 0 Å². The summed E-state index contributed by atoms with van der Waals surface area (Å²) >= 11 is 1.94. The third kappa shape index (κ3) is 3.78. The molecular formula is C17H29N3S. The molecule has 1 saturated heterocycles. The van der Waals surface area contributed by atoms with Crippen LogP contribution in [0.2, 0.25) is 0 Å². The van der Waals surface area contributed by atoms with Crippen LogP contribution in [0.3, 0.4) is 0 Å². The number of hydrogen-bond acceptors (Lipinski definition) is 4. The summed E-state index contributed by atoms with van der Waals surface area (Å²) in [5.41, 5.74) is 1.32. The van der Waals surface area contributed by atoms with E-state index in [1.807, 2.05) is 11.3 Å². The van der Waals surface area contributed by atoms with Crippen molar-refractivity contribution in [3.8, 4) is 0 Å². The zero-order valence-corrected chi connectivity index (χ0v) is 14.3. The van der Waals surface area contributed by atoms with E-state index in [-0.39, 0.29) is 0 Å². The van der Waals surface area contributed by atoms with Gasteiger partial charge >= 0.3 is 0 Å². The standard InChI is InChI=1S/C17H29N3S/c1-3-7-14-8-5-6-11-20(14)17-19-15(4-2)16(21-17)12-18-13-9-10-13/h13-14,18H,3-12H2,1-2H3. The number of rotatable bonds is 7. The summed E-state index contributed by atoms with van der Waals surface area (Å²) in [6.45, 7) is 6.77. The Balaban J connectivity index is 1.72. The van der Waals surface area contributed by atoms with Gasteiger partial charge in [0.05, 0.1) is 5.69 Å². The van der Waals surface area contributed by atoms with Gasteiger partial charge in [-0.15, -0.1) is 11.3 Å². The summed E-state index contributed by atoms with van der Waals surface area (Å²) in [7, 11) is 0. The Kier molecular flexibility index (Phi) is 5.17. The maximum absolute atomic E-state index is 4.99. The molecule has 1 aromatic rings. The molecule has 4 heteroatoms. The fourth-order valence-corrected chi connectivity index (χ4v) is 4.51. The Morgan fingerprint density at radius 1 is 1.24 bits per heavy atom. The SMILES string of the molecule is CCCC1CCCCN1c1nc(CC)c(CNC2CC2)s1. The second kappa shape index (κ2) is 7.10. The van der Waals surface area contributed by atoms with Gasteiger partial charge in [0.1, 0.15) is 0 Å². The quantitative estimate of drug-likeness (QED) is 0.821. The summed E-state index contributed by atoms with van der Waals surface area (Å²) in [4.78, 5) is 9.07. The molecule has 0 spiro atoms. The van der Waals surface area contributed by atoms with Crippen LogP contribution in [0.15, 0.2) is 0 Å². The number of piperidine rings is 1. The van der Waals surface area contributed by atoms with Crippen molar-refractivity contribution < 1.29 is 0 Å². The van der Waals surface area contributed by atoms with E-state index in [0.29, 0.717) is 0 Å². The van der Waals surface area contributed by atoms with E-state index in [4.69, 9.17) is 4.98 Å². The molecule has 1 aromatic heterocycles. The van der Waals surface area contributed by atoms with Gasteiger partial charge in [0.15, 0.2) is 5.13 Å². The number of anilines is 1. The van der Waals surface area contributed by atoms with E-state index < -0.39 is 0 Å². The number of nitrogens with zero attached hydrogens (tertiary/aromatic N) is 2. The molecule has 1 aliphatic heterocycles. The molecule has 1 atom stereocenters. The predicted molar refractivity (Wildman–Crippen MR) is 91.2 cm³/mol. The predicted octanol–water partition coefficient (Wildman–Crippen LogP) is 4.12. The maximum atomic E-state index is 4.99. The van der Waals surface area contributed by atoms with Crippen molar-refractivity contribution in [2.45, 2.75) is 83.8 Å². The average molecular weight is 308 g/mol. The van der Waals surface area contributed by atoms with Gasteiger partial charge in [-0.3, -0.25) is 0 Å². The Labute approximate surface area is 133 Å². The summed E-state index contributed by atoms with van der Waals surface area (Å²) in [6.07, 6.45) is 10.4. The number of nitrogens with one attached hydrogen (secondary N) is 1. The molecule has 1 saturated carbocycles. The minimum atomic E-state index is 0.726. The fraction of sp³-hybridized carbons (Fsp3) is 0.824. The van der Waals surface area contributed by atoms with E-state index in [9.17, 15) is 0 Å². The Hall–Kier alpha value is -0.610. The highest BCUT2D eigenvalue weighted by atomic mass is 32.1. The van der Waals surface area contributed by atoms with Crippen molar-refractivity contribution in [1.29, 1.82) is 0 Å². The molecule has 1 unspecified atom stereocenters. The van der Waals surface area contributed by atoms with E-state index in [1.54, 1.807) is 0 Å². The van der Waals surface area contributed by atoms with Crippen LogP contribution in [0, 0.1) is 0 Å². The van der Waals surface area contributed by atoms with Crippen LogP contribution in [0.4, 0.5) is 5.13 Å². The first kappa shape index (κ1) is 15.3. The minimum Gasteiger partial charge on any atom is -0.345 e. The maximum Gasteiger partial charge on any atom is 0.186 e. The molecule has 3 rings (SSSR count). The van der Waals surface area contributed by atoms with Crippen molar-refractivity contribution in [3.63, 3.8) is 0 Å². The van der Waals surface area contributed by atoms with Crippen molar-refractivity contribution in [2.75, 3.05) is 11.4 Å². The molecule has 2 heterocycles. The Morgan fingerprint density at radius 3 is 2.81 bits per heavy atom. The van der Waals surface area contributed by atoms with E-state index in [2.05, 4.69) is 24.1 Å². The number of aromatic nitrogens is 1. The highest BCUT2D eigenvalue weighted by molar-refractivity contribution is 7.15. The van der Waals surface area contributed by atoms with Gasteiger partial charge in [0, 0.05) is 30.1 Å². The zero-order valence-electron chi connectivity index (χ0n) is 13.5. The van der Waals surface area contributed by atoms with Crippen molar-refractivity contribution >= 4 is 16.5 Å². The van der Waals surface area contributed by atoms with Gasteiger partial charge in [-0.25, -0.2) is 4.98 Å². The molecule has 3 nitrogen and oxygen atoms in total. The Morgan fingerprint density at radius 2 is 2.10 bits per heavy atom. The van der Waals surface area contributed by atoms with Crippen LogP contribution >= 0.6 is 11.3 Å². The van der Waals surface area contributed by atoms with Gasteiger partial charge in [-0.05, 0) is 44.9 Å². The third-order valence-electron chi connectivity index (χ3n) is 4.73. The van der Waals surface area contributed by atoms with Crippen LogP contribution in [0.1, 0.15) is 69.4 Å². The topological polar surface area (TPSA) is 28.2 Å². The molecule has 0 bridgehead atoms. The molecule has 2 aliphatic rings. The lowest BCUT2D eigenvalue weighted by molar-refractivity contribution is 0.434. The lowest BCUT2D eigenvalue weighted by atomic mass is 9.99. The van der Waals surface area contributed by atoms with Crippen LogP contribution in [-0.2, 0) is 13.0 Å². The summed E-state index contributed by atoms with van der Waals surface area (Å²) in [5.74, 6) is 0. The first-order valence-corrected chi connectivity index (χ1v) is 9.62. The monoisotopic (exact) mass is 307 g/mol. The van der Waals surface area contributed by atoms with Crippen LogP contribution < -0.4 is 10.2 Å². The van der Waals surface area contributed by atoms with Crippen molar-refractivity contribution in [1.82, 2.24) is 10.3 Å². The molecular weight excluding hydrogens is 278 g/mol. The van der Waals surface area contributed by atoms with E-state index in [1.165, 1.54) is 67.2 Å². The average Bonchev–Trinajstić information content (AvgIpc) is 3.25. The summed E-state index contributed by atoms with van der Waals surface area (Å²) < 4.78 is 0. The van der Waals surface area contributed by atoms with Gasteiger partial charge in [-0.2, -0.15) is 0 Å². The fourth-order valence-electron chi connectivity index (χ4n) is 3.32. The number of thiazole rings is 1. The largest absolute Gasteiger partial charge is 0.345 e. The van der Waals surface area contributed by atoms with Crippen LogP contribution in [0.5, 0.6) is 0 Å². The number of aryl methyl sites for hydroxylation is 1.